The van der Waals surface area contributed by atoms with Crippen LogP contribution in [-0.2, 0) is 4.79 Å². The zero-order valence-corrected chi connectivity index (χ0v) is 10.0. The summed E-state index contributed by atoms with van der Waals surface area (Å²) in [5.74, 6) is 0.299. The van der Waals surface area contributed by atoms with Crippen molar-refractivity contribution in [3.8, 4) is 0 Å². The molecule has 0 radical (unpaired) electrons. The van der Waals surface area contributed by atoms with Crippen molar-refractivity contribution in [1.82, 2.24) is 0 Å². The lowest BCUT2D eigenvalue weighted by Crippen LogP contribution is -2.14. The average Bonchev–Trinajstić information content (AvgIpc) is 1.86. The maximum atomic E-state index is 10.5. The van der Waals surface area contributed by atoms with E-state index in [0.29, 0.717) is 12.3 Å². The summed E-state index contributed by atoms with van der Waals surface area (Å²) in [5.41, 5.74) is 5.06. The third-order valence-corrected chi connectivity index (χ3v) is 1.85. The fraction of sp³-hybridized carbons (Fsp3) is 0.889. The summed E-state index contributed by atoms with van der Waals surface area (Å²) in [6.45, 7) is 4.26. The summed E-state index contributed by atoms with van der Waals surface area (Å²) in [6.07, 6.45) is 5.41. The highest BCUT2D eigenvalue weighted by atomic mass is 35.5. The number of amides is 1. The molecule has 13 heavy (non-hydrogen) atoms. The van der Waals surface area contributed by atoms with Gasteiger partial charge in [-0.2, -0.15) is 0 Å². The second-order valence-electron chi connectivity index (χ2n) is 3.27. The van der Waals surface area contributed by atoms with Crippen molar-refractivity contribution in [3.05, 3.63) is 0 Å². The van der Waals surface area contributed by atoms with E-state index in [4.69, 9.17) is 5.73 Å². The van der Waals surface area contributed by atoms with E-state index in [1.165, 1.54) is 19.3 Å². The molecule has 2 nitrogen and oxygen atoms in total. The van der Waals surface area contributed by atoms with Gasteiger partial charge in [0, 0.05) is 6.42 Å². The van der Waals surface area contributed by atoms with Gasteiger partial charge in [-0.3, -0.25) is 4.79 Å². The van der Waals surface area contributed by atoms with Gasteiger partial charge < -0.3 is 5.73 Å². The fourth-order valence-electron chi connectivity index (χ4n) is 1.19. The molecular weight excluding hydrogens is 209 g/mol. The van der Waals surface area contributed by atoms with Crippen molar-refractivity contribution in [2.45, 2.75) is 46.0 Å². The quantitative estimate of drug-likeness (QED) is 0.700. The molecule has 1 atom stereocenters. The molecular formula is C9H21Cl2NO. The number of unbranched alkanes of at least 4 members (excludes halogenated alkanes) is 2. The number of halogens is 2. The minimum atomic E-state index is -0.172. The Kier molecular flexibility index (Phi) is 17.4. The molecule has 1 amide bonds. The normalized spacial score (nSPS) is 10.9. The Bertz CT molecular complexity index is 120. The monoisotopic (exact) mass is 229 g/mol. The molecule has 82 valence electrons. The van der Waals surface area contributed by atoms with E-state index in [1.54, 1.807) is 0 Å². The molecule has 4 heteroatoms. The number of hydrogen-bond donors (Lipinski definition) is 1. The van der Waals surface area contributed by atoms with Crippen LogP contribution in [0.1, 0.15) is 46.0 Å². The molecule has 0 aromatic heterocycles. The molecule has 1 unspecified atom stereocenters. The van der Waals surface area contributed by atoms with Crippen molar-refractivity contribution in [1.29, 1.82) is 0 Å². The van der Waals surface area contributed by atoms with Crippen molar-refractivity contribution in [3.63, 3.8) is 0 Å². The van der Waals surface area contributed by atoms with Gasteiger partial charge in [-0.05, 0) is 5.92 Å². The summed E-state index contributed by atoms with van der Waals surface area (Å²) in [5, 5.41) is 0. The van der Waals surface area contributed by atoms with Gasteiger partial charge in [0.25, 0.3) is 0 Å². The van der Waals surface area contributed by atoms with Crippen molar-refractivity contribution < 1.29 is 4.79 Å². The maximum absolute atomic E-state index is 10.5. The van der Waals surface area contributed by atoms with Gasteiger partial charge in [0.05, 0.1) is 0 Å². The van der Waals surface area contributed by atoms with Crippen LogP contribution in [-0.4, -0.2) is 5.91 Å². The van der Waals surface area contributed by atoms with Gasteiger partial charge in [-0.1, -0.05) is 39.5 Å². The van der Waals surface area contributed by atoms with Gasteiger partial charge in [0.15, 0.2) is 0 Å². The summed E-state index contributed by atoms with van der Waals surface area (Å²) >= 11 is 0. The van der Waals surface area contributed by atoms with E-state index >= 15 is 0 Å². The Morgan fingerprint density at radius 1 is 1.31 bits per heavy atom. The highest BCUT2D eigenvalue weighted by Crippen LogP contribution is 2.11. The molecule has 0 fully saturated rings. The Balaban J connectivity index is -0.000000500. The molecule has 0 saturated heterocycles. The first kappa shape index (κ1) is 18.8. The molecule has 0 aromatic carbocycles. The average molecular weight is 230 g/mol. The van der Waals surface area contributed by atoms with E-state index < -0.39 is 0 Å². The maximum Gasteiger partial charge on any atom is 0.217 e. The lowest BCUT2D eigenvalue weighted by atomic mass is 10.00. The Labute approximate surface area is 93.5 Å². The standard InChI is InChI=1S/C9H19NO.2ClH/c1-3-4-5-6-8(2)7-9(10)11;;/h8H,3-7H2,1-2H3,(H2,10,11);2*1H. The summed E-state index contributed by atoms with van der Waals surface area (Å²) in [4.78, 5) is 10.5. The second kappa shape index (κ2) is 12.0. The van der Waals surface area contributed by atoms with Crippen molar-refractivity contribution >= 4 is 30.7 Å². The fourth-order valence-corrected chi connectivity index (χ4v) is 1.19. The Morgan fingerprint density at radius 2 is 1.85 bits per heavy atom. The Hall–Kier alpha value is 0.0500. The smallest absolute Gasteiger partial charge is 0.217 e. The SMILES string of the molecule is CCCCCC(C)CC(N)=O.Cl.Cl. The molecule has 0 aromatic rings. The van der Waals surface area contributed by atoms with Gasteiger partial charge >= 0.3 is 0 Å². The van der Waals surface area contributed by atoms with E-state index in [1.807, 2.05) is 0 Å². The van der Waals surface area contributed by atoms with Crippen LogP contribution in [0.2, 0.25) is 0 Å². The molecule has 0 spiro atoms. The van der Waals surface area contributed by atoms with E-state index in [-0.39, 0.29) is 30.7 Å². The summed E-state index contributed by atoms with van der Waals surface area (Å²) < 4.78 is 0. The largest absolute Gasteiger partial charge is 0.370 e. The lowest BCUT2D eigenvalue weighted by Gasteiger charge is -2.07. The first-order valence-corrected chi connectivity index (χ1v) is 4.45. The third kappa shape index (κ3) is 14.9. The van der Waals surface area contributed by atoms with Crippen LogP contribution in [0.4, 0.5) is 0 Å². The molecule has 0 heterocycles. The number of rotatable bonds is 6. The van der Waals surface area contributed by atoms with Gasteiger partial charge in [0.2, 0.25) is 5.91 Å². The zero-order chi connectivity index (χ0) is 8.69. The molecule has 0 aliphatic carbocycles. The van der Waals surface area contributed by atoms with Crippen molar-refractivity contribution in [2.24, 2.45) is 11.7 Å². The molecule has 0 aliphatic rings. The van der Waals surface area contributed by atoms with Crippen LogP contribution in [0.25, 0.3) is 0 Å². The first-order valence-electron chi connectivity index (χ1n) is 4.45. The van der Waals surface area contributed by atoms with Crippen LogP contribution in [0.5, 0.6) is 0 Å². The van der Waals surface area contributed by atoms with Gasteiger partial charge in [-0.15, -0.1) is 24.8 Å². The van der Waals surface area contributed by atoms with Gasteiger partial charge in [0.1, 0.15) is 0 Å². The molecule has 0 bridgehead atoms. The predicted octanol–water partition coefficient (Wildman–Crippen LogP) is 2.92. The first-order chi connectivity index (χ1) is 5.16. The zero-order valence-electron chi connectivity index (χ0n) is 8.41. The highest BCUT2D eigenvalue weighted by Gasteiger charge is 2.04. The molecule has 2 N–H and O–H groups in total. The summed E-state index contributed by atoms with van der Waals surface area (Å²) in [7, 11) is 0. The molecule has 0 aliphatic heterocycles. The minimum absolute atomic E-state index is 0. The van der Waals surface area contributed by atoms with Crippen LogP contribution in [0, 0.1) is 5.92 Å². The van der Waals surface area contributed by atoms with Crippen LogP contribution in [0.3, 0.4) is 0 Å². The molecule has 0 saturated carbocycles. The van der Waals surface area contributed by atoms with E-state index in [9.17, 15) is 4.79 Å². The van der Waals surface area contributed by atoms with Crippen LogP contribution >= 0.6 is 24.8 Å². The number of nitrogens with two attached hydrogens (primary N) is 1. The predicted molar refractivity (Wildman–Crippen MR) is 61.6 cm³/mol. The highest BCUT2D eigenvalue weighted by molar-refractivity contribution is 5.85. The second-order valence-corrected chi connectivity index (χ2v) is 3.27. The molecule has 0 rings (SSSR count). The van der Waals surface area contributed by atoms with Crippen LogP contribution in [0.15, 0.2) is 0 Å². The minimum Gasteiger partial charge on any atom is -0.370 e. The number of hydrogen-bond acceptors (Lipinski definition) is 1. The lowest BCUT2D eigenvalue weighted by molar-refractivity contribution is -0.118. The topological polar surface area (TPSA) is 43.1 Å². The number of carbonyl (C=O) groups excluding carboxylic acids is 1. The Morgan fingerprint density at radius 3 is 2.23 bits per heavy atom. The van der Waals surface area contributed by atoms with E-state index in [0.717, 1.165) is 6.42 Å². The van der Waals surface area contributed by atoms with Crippen molar-refractivity contribution in [2.75, 3.05) is 0 Å². The van der Waals surface area contributed by atoms with E-state index in [2.05, 4.69) is 13.8 Å². The third-order valence-electron chi connectivity index (χ3n) is 1.85. The number of primary amides is 1. The number of carbonyl (C=O) groups is 1. The summed E-state index contributed by atoms with van der Waals surface area (Å²) in [6, 6.07) is 0. The van der Waals surface area contributed by atoms with Gasteiger partial charge in [-0.25, -0.2) is 0 Å². The van der Waals surface area contributed by atoms with Crippen LogP contribution < -0.4 is 5.73 Å².